The zero-order valence-corrected chi connectivity index (χ0v) is 10.1. The number of aromatic nitrogens is 1. The Labute approximate surface area is 97.4 Å². The first-order valence-corrected chi connectivity index (χ1v) is 5.57. The smallest absolute Gasteiger partial charge is 0.0820 e. The molecule has 0 saturated heterocycles. The van der Waals surface area contributed by atoms with Crippen molar-refractivity contribution in [3.8, 4) is 0 Å². The molecule has 0 amide bonds. The highest BCUT2D eigenvalue weighted by Gasteiger charge is 2.08. The van der Waals surface area contributed by atoms with E-state index in [1.807, 2.05) is 24.4 Å². The van der Waals surface area contributed by atoms with Gasteiger partial charge in [0.05, 0.1) is 6.10 Å². The lowest BCUT2D eigenvalue weighted by Gasteiger charge is -2.21. The van der Waals surface area contributed by atoms with Crippen LogP contribution >= 0.6 is 0 Å². The summed E-state index contributed by atoms with van der Waals surface area (Å²) in [5, 5.41) is 0. The van der Waals surface area contributed by atoms with Gasteiger partial charge in [0.1, 0.15) is 0 Å². The lowest BCUT2D eigenvalue weighted by atomic mass is 10.2. The first kappa shape index (κ1) is 13.1. The second kappa shape index (κ2) is 7.33. The molecule has 0 aliphatic rings. The minimum atomic E-state index is 0.119. The molecule has 0 spiro atoms. The minimum absolute atomic E-state index is 0.119. The quantitative estimate of drug-likeness (QED) is 0.732. The topological polar surface area (TPSA) is 51.4 Å². The number of hydrogen-bond donors (Lipinski definition) is 1. The monoisotopic (exact) mass is 223 g/mol. The summed E-state index contributed by atoms with van der Waals surface area (Å²) in [6, 6.07) is 5.99. The summed E-state index contributed by atoms with van der Waals surface area (Å²) in [4.78, 5) is 6.51. The number of ether oxygens (including phenoxy) is 1. The summed E-state index contributed by atoms with van der Waals surface area (Å²) in [7, 11) is 3.77. The van der Waals surface area contributed by atoms with Crippen LogP contribution in [-0.4, -0.2) is 49.8 Å². The van der Waals surface area contributed by atoms with Crippen LogP contribution in [0.5, 0.6) is 0 Å². The number of nitrogens with zero attached hydrogens (tertiary/aromatic N) is 2. The van der Waals surface area contributed by atoms with Gasteiger partial charge in [-0.1, -0.05) is 6.07 Å². The fourth-order valence-corrected chi connectivity index (χ4v) is 1.54. The van der Waals surface area contributed by atoms with Crippen LogP contribution in [-0.2, 0) is 11.2 Å². The Hall–Kier alpha value is -0.970. The predicted molar refractivity (Wildman–Crippen MR) is 65.3 cm³/mol. The van der Waals surface area contributed by atoms with Crippen LogP contribution in [0.15, 0.2) is 24.4 Å². The Bertz CT molecular complexity index is 275. The summed E-state index contributed by atoms with van der Waals surface area (Å²) in [6.45, 7) is 2.39. The normalized spacial score (nSPS) is 13.0. The van der Waals surface area contributed by atoms with E-state index in [4.69, 9.17) is 10.5 Å². The van der Waals surface area contributed by atoms with E-state index in [0.717, 1.165) is 25.2 Å². The van der Waals surface area contributed by atoms with Gasteiger partial charge in [-0.3, -0.25) is 4.98 Å². The lowest BCUT2D eigenvalue weighted by Crippen LogP contribution is -2.36. The first-order chi connectivity index (χ1) is 7.76. The number of nitrogens with two attached hydrogens (primary N) is 1. The molecule has 90 valence electrons. The molecule has 1 unspecified atom stereocenters. The maximum absolute atomic E-state index is 5.57. The summed E-state index contributed by atoms with van der Waals surface area (Å²) in [6.07, 6.45) is 2.90. The van der Waals surface area contributed by atoms with E-state index in [9.17, 15) is 0 Å². The predicted octanol–water partition coefficient (Wildman–Crippen LogP) is 0.530. The zero-order chi connectivity index (χ0) is 11.8. The molecule has 2 N–H and O–H groups in total. The average Bonchev–Trinajstić information content (AvgIpc) is 2.34. The van der Waals surface area contributed by atoms with Gasteiger partial charge in [-0.2, -0.15) is 0 Å². The van der Waals surface area contributed by atoms with Gasteiger partial charge >= 0.3 is 0 Å². The fraction of sp³-hybridized carbons (Fsp3) is 0.583. The maximum Gasteiger partial charge on any atom is 0.0820 e. The standard InChI is InChI=1S/C12H21N3O/c1-15(10-12(9-13)16-2)8-6-11-5-3-4-7-14-11/h3-5,7,12H,6,8-10,13H2,1-2H3. The molecule has 1 aromatic heterocycles. The van der Waals surface area contributed by atoms with E-state index in [2.05, 4.69) is 16.9 Å². The highest BCUT2D eigenvalue weighted by molar-refractivity contribution is 5.03. The molecule has 0 fully saturated rings. The van der Waals surface area contributed by atoms with E-state index < -0.39 is 0 Å². The van der Waals surface area contributed by atoms with Crippen molar-refractivity contribution in [1.29, 1.82) is 0 Å². The fourth-order valence-electron chi connectivity index (χ4n) is 1.54. The number of hydrogen-bond acceptors (Lipinski definition) is 4. The van der Waals surface area contributed by atoms with Crippen molar-refractivity contribution in [3.05, 3.63) is 30.1 Å². The summed E-state index contributed by atoms with van der Waals surface area (Å²) >= 11 is 0. The van der Waals surface area contributed by atoms with Crippen molar-refractivity contribution >= 4 is 0 Å². The Morgan fingerprint density at radius 2 is 2.31 bits per heavy atom. The van der Waals surface area contributed by atoms with Crippen LogP contribution in [0.3, 0.4) is 0 Å². The highest BCUT2D eigenvalue weighted by Crippen LogP contribution is 1.98. The van der Waals surface area contributed by atoms with Crippen molar-refractivity contribution in [2.24, 2.45) is 5.73 Å². The van der Waals surface area contributed by atoms with Gasteiger partial charge in [-0.15, -0.1) is 0 Å². The molecule has 0 saturated carbocycles. The summed E-state index contributed by atoms with van der Waals surface area (Å²) in [5.74, 6) is 0. The van der Waals surface area contributed by atoms with E-state index in [1.54, 1.807) is 7.11 Å². The summed E-state index contributed by atoms with van der Waals surface area (Å²) in [5.41, 5.74) is 6.70. The van der Waals surface area contributed by atoms with Crippen LogP contribution in [0.4, 0.5) is 0 Å². The van der Waals surface area contributed by atoms with E-state index in [-0.39, 0.29) is 6.10 Å². The third-order valence-corrected chi connectivity index (χ3v) is 2.59. The Kier molecular flexibility index (Phi) is 6.00. The van der Waals surface area contributed by atoms with Gasteiger partial charge in [-0.05, 0) is 19.2 Å². The summed E-state index contributed by atoms with van der Waals surface area (Å²) < 4.78 is 5.24. The van der Waals surface area contributed by atoms with Crippen molar-refractivity contribution < 1.29 is 4.74 Å². The molecule has 1 atom stereocenters. The molecule has 0 aliphatic carbocycles. The van der Waals surface area contributed by atoms with Crippen molar-refractivity contribution in [2.45, 2.75) is 12.5 Å². The molecule has 0 radical (unpaired) electrons. The van der Waals surface area contributed by atoms with Crippen molar-refractivity contribution in [1.82, 2.24) is 9.88 Å². The average molecular weight is 223 g/mol. The Morgan fingerprint density at radius 3 is 2.88 bits per heavy atom. The molecule has 4 heteroatoms. The first-order valence-electron chi connectivity index (χ1n) is 5.57. The van der Waals surface area contributed by atoms with Gasteiger partial charge in [0.25, 0.3) is 0 Å². The maximum atomic E-state index is 5.57. The van der Waals surface area contributed by atoms with Crippen LogP contribution in [0.25, 0.3) is 0 Å². The van der Waals surface area contributed by atoms with E-state index in [1.165, 1.54) is 0 Å². The van der Waals surface area contributed by atoms with Crippen molar-refractivity contribution in [3.63, 3.8) is 0 Å². The second-order valence-electron chi connectivity index (χ2n) is 3.93. The molecule has 1 rings (SSSR count). The third kappa shape index (κ3) is 4.70. The largest absolute Gasteiger partial charge is 0.379 e. The van der Waals surface area contributed by atoms with E-state index >= 15 is 0 Å². The Balaban J connectivity index is 2.27. The molecule has 16 heavy (non-hydrogen) atoms. The van der Waals surface area contributed by atoms with Crippen LogP contribution < -0.4 is 5.73 Å². The molecule has 1 aromatic rings. The molecule has 0 bridgehead atoms. The van der Waals surface area contributed by atoms with Gasteiger partial charge in [-0.25, -0.2) is 0 Å². The Morgan fingerprint density at radius 1 is 1.50 bits per heavy atom. The van der Waals surface area contributed by atoms with Gasteiger partial charge in [0.15, 0.2) is 0 Å². The minimum Gasteiger partial charge on any atom is -0.379 e. The number of methoxy groups -OCH3 is 1. The van der Waals surface area contributed by atoms with Gasteiger partial charge in [0.2, 0.25) is 0 Å². The van der Waals surface area contributed by atoms with Crippen molar-refractivity contribution in [2.75, 3.05) is 33.8 Å². The molecule has 0 aromatic carbocycles. The SMILES string of the molecule is COC(CN)CN(C)CCc1ccccn1. The second-order valence-corrected chi connectivity index (χ2v) is 3.93. The molecular weight excluding hydrogens is 202 g/mol. The number of pyridine rings is 1. The molecule has 1 heterocycles. The van der Waals surface area contributed by atoms with Crippen LogP contribution in [0.1, 0.15) is 5.69 Å². The van der Waals surface area contributed by atoms with Crippen LogP contribution in [0, 0.1) is 0 Å². The van der Waals surface area contributed by atoms with Gasteiger partial charge < -0.3 is 15.4 Å². The number of rotatable bonds is 7. The number of likely N-dealkylation sites (N-methyl/N-ethyl adjacent to an activating group) is 1. The van der Waals surface area contributed by atoms with E-state index in [0.29, 0.717) is 6.54 Å². The van der Waals surface area contributed by atoms with Gasteiger partial charge in [0, 0.05) is 45.1 Å². The van der Waals surface area contributed by atoms with Crippen LogP contribution in [0.2, 0.25) is 0 Å². The molecule has 0 aliphatic heterocycles. The molecular formula is C12H21N3O. The molecule has 4 nitrogen and oxygen atoms in total. The highest BCUT2D eigenvalue weighted by atomic mass is 16.5. The third-order valence-electron chi connectivity index (χ3n) is 2.59. The zero-order valence-electron chi connectivity index (χ0n) is 10.1. The lowest BCUT2D eigenvalue weighted by molar-refractivity contribution is 0.0784.